The summed E-state index contributed by atoms with van der Waals surface area (Å²) in [5, 5.41) is 6.82. The zero-order chi connectivity index (χ0) is 19.1. The van der Waals surface area contributed by atoms with Crippen LogP contribution in [0.3, 0.4) is 0 Å². The number of nitrogens with one attached hydrogen (secondary N) is 1. The SMILES string of the molecule is O=C(CC1CC1)NCC1CN(c2ccc3c(c2)CCCc2cnoc2-3)C(=O)O1. The van der Waals surface area contributed by atoms with E-state index in [1.807, 2.05) is 18.2 Å². The molecule has 0 radical (unpaired) electrons. The Labute approximate surface area is 163 Å². The van der Waals surface area contributed by atoms with Crippen molar-refractivity contribution in [1.29, 1.82) is 0 Å². The monoisotopic (exact) mass is 381 g/mol. The second-order valence-electron chi connectivity index (χ2n) is 7.94. The van der Waals surface area contributed by atoms with Gasteiger partial charge in [-0.25, -0.2) is 4.79 Å². The predicted octanol–water partition coefficient (Wildman–Crippen LogP) is 3.07. The van der Waals surface area contributed by atoms with Crippen LogP contribution in [0.1, 0.15) is 36.8 Å². The summed E-state index contributed by atoms with van der Waals surface area (Å²) in [6.07, 6.45) is 6.86. The first-order valence-electron chi connectivity index (χ1n) is 9.99. The molecule has 1 N–H and O–H groups in total. The van der Waals surface area contributed by atoms with Gasteiger partial charge < -0.3 is 14.6 Å². The molecular formula is C21H23N3O4. The van der Waals surface area contributed by atoms with E-state index in [4.69, 9.17) is 9.26 Å². The van der Waals surface area contributed by atoms with E-state index in [1.165, 1.54) is 0 Å². The molecule has 2 fully saturated rings. The molecule has 0 spiro atoms. The first-order valence-corrected chi connectivity index (χ1v) is 9.99. The van der Waals surface area contributed by atoms with Crippen molar-refractivity contribution >= 4 is 17.7 Å². The number of benzene rings is 1. The van der Waals surface area contributed by atoms with Crippen molar-refractivity contribution in [2.45, 2.75) is 44.6 Å². The molecule has 3 aliphatic rings. The molecule has 5 rings (SSSR count). The smallest absolute Gasteiger partial charge is 0.414 e. The largest absolute Gasteiger partial charge is 0.442 e. The third-order valence-electron chi connectivity index (χ3n) is 5.75. The molecule has 1 saturated heterocycles. The molecule has 28 heavy (non-hydrogen) atoms. The van der Waals surface area contributed by atoms with Gasteiger partial charge in [0.2, 0.25) is 5.91 Å². The molecule has 1 aliphatic heterocycles. The van der Waals surface area contributed by atoms with Crippen molar-refractivity contribution in [3.8, 4) is 11.3 Å². The highest BCUT2D eigenvalue weighted by Gasteiger charge is 2.33. The van der Waals surface area contributed by atoms with E-state index in [2.05, 4.69) is 10.5 Å². The molecule has 1 atom stereocenters. The number of amides is 2. The molecule has 1 aromatic heterocycles. The van der Waals surface area contributed by atoms with E-state index < -0.39 is 0 Å². The minimum atomic E-state index is -0.365. The van der Waals surface area contributed by atoms with Crippen molar-refractivity contribution in [3.63, 3.8) is 0 Å². The summed E-state index contributed by atoms with van der Waals surface area (Å²) in [5.74, 6) is 1.43. The highest BCUT2D eigenvalue weighted by Crippen LogP contribution is 2.35. The van der Waals surface area contributed by atoms with Crippen LogP contribution >= 0.6 is 0 Å². The van der Waals surface area contributed by atoms with Gasteiger partial charge in [0.25, 0.3) is 0 Å². The Kier molecular flexibility index (Phi) is 4.30. The number of anilines is 1. The molecule has 0 bridgehead atoms. The van der Waals surface area contributed by atoms with Gasteiger partial charge in [0.1, 0.15) is 6.10 Å². The second-order valence-corrected chi connectivity index (χ2v) is 7.94. The predicted molar refractivity (Wildman–Crippen MR) is 102 cm³/mol. The third-order valence-corrected chi connectivity index (χ3v) is 5.75. The Morgan fingerprint density at radius 2 is 2.11 bits per heavy atom. The van der Waals surface area contributed by atoms with E-state index in [-0.39, 0.29) is 18.1 Å². The molecule has 7 nitrogen and oxygen atoms in total. The maximum atomic E-state index is 12.4. The first-order chi connectivity index (χ1) is 13.7. The fourth-order valence-electron chi connectivity index (χ4n) is 4.03. The van der Waals surface area contributed by atoms with E-state index in [9.17, 15) is 9.59 Å². The number of nitrogens with zero attached hydrogens (tertiary/aromatic N) is 2. The summed E-state index contributed by atoms with van der Waals surface area (Å²) < 4.78 is 10.9. The van der Waals surface area contributed by atoms with E-state index in [0.29, 0.717) is 25.4 Å². The van der Waals surface area contributed by atoms with Crippen LogP contribution in [0.15, 0.2) is 28.9 Å². The number of carbonyl (C=O) groups is 2. The summed E-state index contributed by atoms with van der Waals surface area (Å²) in [4.78, 5) is 25.9. The second kappa shape index (κ2) is 6.96. The van der Waals surface area contributed by atoms with Crippen molar-refractivity contribution in [3.05, 3.63) is 35.5 Å². The molecule has 1 saturated carbocycles. The lowest BCUT2D eigenvalue weighted by Crippen LogP contribution is -2.34. The van der Waals surface area contributed by atoms with Crippen molar-refractivity contribution in [1.82, 2.24) is 10.5 Å². The van der Waals surface area contributed by atoms with Crippen LogP contribution in [0.2, 0.25) is 0 Å². The number of aryl methyl sites for hydroxylation is 2. The molecule has 2 aliphatic carbocycles. The zero-order valence-corrected chi connectivity index (χ0v) is 15.6. The minimum Gasteiger partial charge on any atom is -0.442 e. The quantitative estimate of drug-likeness (QED) is 0.860. The summed E-state index contributed by atoms with van der Waals surface area (Å²) >= 11 is 0. The van der Waals surface area contributed by atoms with Crippen LogP contribution in [0.4, 0.5) is 10.5 Å². The summed E-state index contributed by atoms with van der Waals surface area (Å²) in [7, 11) is 0. The molecule has 1 unspecified atom stereocenters. The molecular weight excluding hydrogens is 358 g/mol. The molecule has 2 heterocycles. The van der Waals surface area contributed by atoms with Crippen LogP contribution in [0, 0.1) is 5.92 Å². The van der Waals surface area contributed by atoms with Crippen LogP contribution < -0.4 is 10.2 Å². The first kappa shape index (κ1) is 17.3. The Balaban J connectivity index is 1.28. The van der Waals surface area contributed by atoms with Gasteiger partial charge in [0, 0.05) is 23.2 Å². The fraction of sp³-hybridized carbons (Fsp3) is 0.476. The fourth-order valence-corrected chi connectivity index (χ4v) is 4.03. The Bertz CT molecular complexity index is 918. The van der Waals surface area contributed by atoms with Gasteiger partial charge in [-0.3, -0.25) is 9.69 Å². The van der Waals surface area contributed by atoms with Crippen LogP contribution in [-0.2, 0) is 22.4 Å². The number of rotatable bonds is 5. The van der Waals surface area contributed by atoms with Crippen LogP contribution in [0.25, 0.3) is 11.3 Å². The highest BCUT2D eigenvalue weighted by atomic mass is 16.6. The lowest BCUT2D eigenvalue weighted by atomic mass is 10.0. The molecule has 146 valence electrons. The van der Waals surface area contributed by atoms with E-state index in [0.717, 1.165) is 60.2 Å². The number of cyclic esters (lactones) is 1. The molecule has 1 aromatic carbocycles. The van der Waals surface area contributed by atoms with Gasteiger partial charge in [-0.05, 0) is 61.8 Å². The van der Waals surface area contributed by atoms with Gasteiger partial charge in [0.15, 0.2) is 5.76 Å². The Morgan fingerprint density at radius 1 is 1.25 bits per heavy atom. The number of ether oxygens (including phenoxy) is 1. The van der Waals surface area contributed by atoms with Crippen molar-refractivity contribution < 1.29 is 18.8 Å². The average molecular weight is 381 g/mol. The maximum absolute atomic E-state index is 12.4. The summed E-state index contributed by atoms with van der Waals surface area (Å²) in [5.41, 5.74) is 4.15. The number of fused-ring (bicyclic) bond motifs is 3. The number of aromatic nitrogens is 1. The van der Waals surface area contributed by atoms with Gasteiger partial charge in [-0.15, -0.1) is 0 Å². The third kappa shape index (κ3) is 3.37. The summed E-state index contributed by atoms with van der Waals surface area (Å²) in [6, 6.07) is 5.96. The van der Waals surface area contributed by atoms with Crippen LogP contribution in [0.5, 0.6) is 0 Å². The standard InChI is InChI=1S/C21H23N3O4/c25-19(8-13-4-5-13)22-11-17-12-24(21(26)27-17)16-6-7-18-14(9-16)2-1-3-15-10-23-28-20(15)18/h6-7,9-10,13,17H,1-5,8,11-12H2,(H,22,25). The number of hydrogen-bond acceptors (Lipinski definition) is 5. The topological polar surface area (TPSA) is 84.7 Å². The van der Waals surface area contributed by atoms with Crippen molar-refractivity contribution in [2.75, 3.05) is 18.0 Å². The Morgan fingerprint density at radius 3 is 2.96 bits per heavy atom. The minimum absolute atomic E-state index is 0.0462. The van der Waals surface area contributed by atoms with Crippen molar-refractivity contribution in [2.24, 2.45) is 5.92 Å². The normalized spacial score (nSPS) is 20.9. The molecule has 2 amide bonds. The van der Waals surface area contributed by atoms with Gasteiger partial charge >= 0.3 is 6.09 Å². The van der Waals surface area contributed by atoms with E-state index >= 15 is 0 Å². The highest BCUT2D eigenvalue weighted by molar-refractivity contribution is 5.90. The number of carbonyl (C=O) groups excluding carboxylic acids is 2. The summed E-state index contributed by atoms with van der Waals surface area (Å²) in [6.45, 7) is 0.801. The lowest BCUT2D eigenvalue weighted by Gasteiger charge is -2.16. The zero-order valence-electron chi connectivity index (χ0n) is 15.6. The van der Waals surface area contributed by atoms with Gasteiger partial charge in [0.05, 0.1) is 19.3 Å². The van der Waals surface area contributed by atoms with E-state index in [1.54, 1.807) is 11.1 Å². The Hall–Kier alpha value is -2.83. The lowest BCUT2D eigenvalue weighted by molar-refractivity contribution is -0.121. The number of hydrogen-bond donors (Lipinski definition) is 1. The molecule has 2 aromatic rings. The maximum Gasteiger partial charge on any atom is 0.414 e. The van der Waals surface area contributed by atoms with Crippen LogP contribution in [-0.4, -0.2) is 36.4 Å². The van der Waals surface area contributed by atoms with Gasteiger partial charge in [-0.2, -0.15) is 0 Å². The van der Waals surface area contributed by atoms with Gasteiger partial charge in [-0.1, -0.05) is 5.16 Å². The molecule has 7 heteroatoms. The average Bonchev–Trinajstić information content (AvgIpc) is 3.29.